The topological polar surface area (TPSA) is 96.5 Å². The maximum atomic E-state index is 13.0. The van der Waals surface area contributed by atoms with Crippen LogP contribution in [0.4, 0.5) is 5.69 Å². The van der Waals surface area contributed by atoms with Crippen LogP contribution in [0.5, 0.6) is 0 Å². The number of halogens is 1. The molecule has 8 heteroatoms. The molecule has 2 heterocycles. The predicted octanol–water partition coefficient (Wildman–Crippen LogP) is 3.21. The molecule has 28 heavy (non-hydrogen) atoms. The molecule has 0 aliphatic carbocycles. The standard InChI is InChI=1S/C20H16BrN3O4/c1-12(25)10-20(27)15-9-14(21)7-8-16(15)24(19(20)26)11-17-22-23-18(28-17)13-5-3-2-4-6-13/h2-9,27H,10-11H2,1H3. The summed E-state index contributed by atoms with van der Waals surface area (Å²) in [5.41, 5.74) is -0.250. The van der Waals surface area contributed by atoms with Crippen molar-refractivity contribution in [2.24, 2.45) is 0 Å². The van der Waals surface area contributed by atoms with Gasteiger partial charge < -0.3 is 9.52 Å². The van der Waals surface area contributed by atoms with E-state index in [0.717, 1.165) is 5.56 Å². The SMILES string of the molecule is CC(=O)CC1(O)C(=O)N(Cc2nnc(-c3ccccc3)o2)c2ccc(Br)cc21. The largest absolute Gasteiger partial charge is 0.419 e. The van der Waals surface area contributed by atoms with Gasteiger partial charge in [0.25, 0.3) is 5.91 Å². The van der Waals surface area contributed by atoms with Crippen molar-refractivity contribution in [1.29, 1.82) is 0 Å². The number of nitrogens with zero attached hydrogens (tertiary/aromatic N) is 3. The van der Waals surface area contributed by atoms with Gasteiger partial charge in [-0.3, -0.25) is 14.5 Å². The molecule has 1 unspecified atom stereocenters. The van der Waals surface area contributed by atoms with E-state index in [4.69, 9.17) is 4.42 Å². The molecule has 1 atom stereocenters. The average Bonchev–Trinajstić information content (AvgIpc) is 3.21. The summed E-state index contributed by atoms with van der Waals surface area (Å²) in [7, 11) is 0. The number of hydrogen-bond donors (Lipinski definition) is 1. The molecule has 3 aromatic rings. The number of carbonyl (C=O) groups excluding carboxylic acids is 2. The first-order valence-corrected chi connectivity index (χ1v) is 9.39. The van der Waals surface area contributed by atoms with Crippen LogP contribution in [0.15, 0.2) is 57.4 Å². The average molecular weight is 442 g/mol. The number of anilines is 1. The number of benzene rings is 2. The van der Waals surface area contributed by atoms with E-state index < -0.39 is 11.5 Å². The number of ketones is 1. The molecule has 0 bridgehead atoms. The summed E-state index contributed by atoms with van der Waals surface area (Å²) in [6, 6.07) is 14.4. The lowest BCUT2D eigenvalue weighted by atomic mass is 9.90. The number of rotatable bonds is 5. The van der Waals surface area contributed by atoms with Crippen LogP contribution in [0.2, 0.25) is 0 Å². The Morgan fingerprint density at radius 1 is 1.21 bits per heavy atom. The minimum absolute atomic E-state index is 0.00643. The number of Topliss-reactive ketones (excluding diaryl/α,β-unsaturated/α-hetero) is 1. The zero-order valence-corrected chi connectivity index (χ0v) is 16.5. The fourth-order valence-electron chi connectivity index (χ4n) is 3.36. The molecule has 7 nitrogen and oxygen atoms in total. The van der Waals surface area contributed by atoms with E-state index in [-0.39, 0.29) is 24.6 Å². The Labute approximate surface area is 169 Å². The third kappa shape index (κ3) is 3.14. The molecule has 4 rings (SSSR count). The molecular weight excluding hydrogens is 426 g/mol. The second-order valence-electron chi connectivity index (χ2n) is 6.66. The molecule has 1 aliphatic heterocycles. The van der Waals surface area contributed by atoms with Crippen LogP contribution in [0.25, 0.3) is 11.5 Å². The van der Waals surface area contributed by atoms with Gasteiger partial charge in [-0.05, 0) is 37.3 Å². The Kier molecular flexibility index (Phi) is 4.60. The first-order chi connectivity index (χ1) is 13.4. The van der Waals surface area contributed by atoms with Crippen molar-refractivity contribution in [3.8, 4) is 11.5 Å². The monoisotopic (exact) mass is 441 g/mol. The molecule has 142 valence electrons. The molecule has 1 N–H and O–H groups in total. The van der Waals surface area contributed by atoms with Crippen LogP contribution in [-0.2, 0) is 21.7 Å². The fraction of sp³-hybridized carbons (Fsp3) is 0.200. The van der Waals surface area contributed by atoms with Gasteiger partial charge in [-0.15, -0.1) is 10.2 Å². The van der Waals surface area contributed by atoms with Crippen molar-refractivity contribution in [3.05, 3.63) is 64.5 Å². The minimum Gasteiger partial charge on any atom is -0.419 e. The molecule has 0 spiro atoms. The van der Waals surface area contributed by atoms with Crippen molar-refractivity contribution < 1.29 is 19.1 Å². The normalized spacial score (nSPS) is 18.4. The summed E-state index contributed by atoms with van der Waals surface area (Å²) in [6.07, 6.45) is -0.301. The minimum atomic E-state index is -1.91. The summed E-state index contributed by atoms with van der Waals surface area (Å²) in [5, 5.41) is 19.1. The van der Waals surface area contributed by atoms with Gasteiger partial charge in [-0.1, -0.05) is 34.1 Å². The predicted molar refractivity (Wildman–Crippen MR) is 104 cm³/mol. The Balaban J connectivity index is 1.68. The van der Waals surface area contributed by atoms with Crippen molar-refractivity contribution in [2.45, 2.75) is 25.5 Å². The summed E-state index contributed by atoms with van der Waals surface area (Å²) in [4.78, 5) is 26.1. The van der Waals surface area contributed by atoms with Gasteiger partial charge in [0.2, 0.25) is 11.8 Å². The quantitative estimate of drug-likeness (QED) is 0.652. The maximum absolute atomic E-state index is 13.0. The Hall–Kier alpha value is -2.84. The molecule has 0 saturated carbocycles. The van der Waals surface area contributed by atoms with Crippen LogP contribution < -0.4 is 4.90 Å². The Morgan fingerprint density at radius 3 is 2.68 bits per heavy atom. The summed E-state index contributed by atoms with van der Waals surface area (Å²) >= 11 is 3.35. The number of aromatic nitrogens is 2. The van der Waals surface area contributed by atoms with Gasteiger partial charge in [0.15, 0.2) is 5.60 Å². The Bertz CT molecular complexity index is 1070. The van der Waals surface area contributed by atoms with Gasteiger partial charge in [-0.2, -0.15) is 0 Å². The van der Waals surface area contributed by atoms with E-state index in [1.54, 1.807) is 18.2 Å². The van der Waals surface area contributed by atoms with Gasteiger partial charge in [-0.25, -0.2) is 0 Å². The number of amides is 1. The van der Waals surface area contributed by atoms with Crippen LogP contribution in [0, 0.1) is 0 Å². The molecule has 1 aromatic heterocycles. The van der Waals surface area contributed by atoms with E-state index in [9.17, 15) is 14.7 Å². The first kappa shape index (κ1) is 18.5. The molecular formula is C20H16BrN3O4. The second kappa shape index (κ2) is 6.96. The van der Waals surface area contributed by atoms with E-state index in [1.165, 1.54) is 11.8 Å². The summed E-state index contributed by atoms with van der Waals surface area (Å²) < 4.78 is 6.39. The highest BCUT2D eigenvalue weighted by Crippen LogP contribution is 2.44. The maximum Gasteiger partial charge on any atom is 0.264 e. The molecule has 1 aliphatic rings. The van der Waals surface area contributed by atoms with E-state index in [0.29, 0.717) is 21.6 Å². The van der Waals surface area contributed by atoms with Crippen LogP contribution in [0.3, 0.4) is 0 Å². The molecule has 0 saturated heterocycles. The smallest absolute Gasteiger partial charge is 0.264 e. The lowest BCUT2D eigenvalue weighted by Gasteiger charge is -2.21. The first-order valence-electron chi connectivity index (χ1n) is 8.60. The number of aliphatic hydroxyl groups is 1. The third-order valence-electron chi connectivity index (χ3n) is 4.58. The van der Waals surface area contributed by atoms with Crippen molar-refractivity contribution in [1.82, 2.24) is 10.2 Å². The van der Waals surface area contributed by atoms with E-state index >= 15 is 0 Å². The lowest BCUT2D eigenvalue weighted by molar-refractivity contribution is -0.141. The van der Waals surface area contributed by atoms with Crippen LogP contribution in [-0.4, -0.2) is 27.0 Å². The number of hydrogen-bond acceptors (Lipinski definition) is 6. The highest BCUT2D eigenvalue weighted by molar-refractivity contribution is 9.10. The number of carbonyl (C=O) groups is 2. The van der Waals surface area contributed by atoms with Gasteiger partial charge in [0.1, 0.15) is 12.3 Å². The van der Waals surface area contributed by atoms with E-state index in [2.05, 4.69) is 26.1 Å². The third-order valence-corrected chi connectivity index (χ3v) is 5.07. The number of fused-ring (bicyclic) bond motifs is 1. The molecule has 2 aromatic carbocycles. The second-order valence-corrected chi connectivity index (χ2v) is 7.57. The Morgan fingerprint density at radius 2 is 1.96 bits per heavy atom. The van der Waals surface area contributed by atoms with Crippen LogP contribution >= 0.6 is 15.9 Å². The fourth-order valence-corrected chi connectivity index (χ4v) is 3.72. The zero-order chi connectivity index (χ0) is 19.9. The van der Waals surface area contributed by atoms with Crippen molar-refractivity contribution in [2.75, 3.05) is 4.90 Å². The van der Waals surface area contributed by atoms with Crippen LogP contribution in [0.1, 0.15) is 24.8 Å². The molecule has 0 fully saturated rings. The van der Waals surface area contributed by atoms with Gasteiger partial charge in [0.05, 0.1) is 5.69 Å². The van der Waals surface area contributed by atoms with E-state index in [1.807, 2.05) is 30.3 Å². The molecule has 0 radical (unpaired) electrons. The molecule has 1 amide bonds. The highest BCUT2D eigenvalue weighted by Gasteiger charge is 2.50. The lowest BCUT2D eigenvalue weighted by Crippen LogP contribution is -2.41. The zero-order valence-electron chi connectivity index (χ0n) is 14.9. The van der Waals surface area contributed by atoms with Crippen molar-refractivity contribution in [3.63, 3.8) is 0 Å². The highest BCUT2D eigenvalue weighted by atomic mass is 79.9. The summed E-state index contributed by atoms with van der Waals surface area (Å²) in [5.74, 6) is -0.298. The van der Waals surface area contributed by atoms with Gasteiger partial charge in [0, 0.05) is 22.0 Å². The van der Waals surface area contributed by atoms with Gasteiger partial charge >= 0.3 is 0 Å². The summed E-state index contributed by atoms with van der Waals surface area (Å²) in [6.45, 7) is 1.34. The van der Waals surface area contributed by atoms with Crippen molar-refractivity contribution >= 4 is 33.3 Å².